The molecule has 7 nitrogen and oxygen atoms in total. The van der Waals surface area contributed by atoms with Crippen LogP contribution in [-0.4, -0.2) is 63.4 Å². The van der Waals surface area contributed by atoms with E-state index in [4.69, 9.17) is 4.74 Å². The highest BCUT2D eigenvalue weighted by atomic mass is 16.5. The number of nitrogens with one attached hydrogen (secondary N) is 2. The Bertz CT molecular complexity index is 515. The number of carbonyl (C=O) groups is 2. The molecule has 0 atom stereocenters. The summed E-state index contributed by atoms with van der Waals surface area (Å²) in [6.45, 7) is 4.54. The van der Waals surface area contributed by atoms with E-state index in [0.29, 0.717) is 17.8 Å². The van der Waals surface area contributed by atoms with E-state index in [0.717, 1.165) is 32.8 Å². The van der Waals surface area contributed by atoms with Gasteiger partial charge in [-0.05, 0) is 12.1 Å². The highest BCUT2D eigenvalue weighted by Crippen LogP contribution is 2.15. The van der Waals surface area contributed by atoms with Crippen molar-refractivity contribution in [1.82, 2.24) is 10.2 Å². The molecule has 0 spiro atoms. The maximum Gasteiger partial charge on any atom is 0.339 e. The summed E-state index contributed by atoms with van der Waals surface area (Å²) >= 11 is 0. The van der Waals surface area contributed by atoms with Crippen molar-refractivity contribution < 1.29 is 19.1 Å². The van der Waals surface area contributed by atoms with Gasteiger partial charge in [-0.2, -0.15) is 0 Å². The fourth-order valence-electron chi connectivity index (χ4n) is 2.20. The first kappa shape index (κ1) is 16.3. The highest BCUT2D eigenvalue weighted by molar-refractivity contribution is 6.00. The molecule has 0 aromatic heterocycles. The second kappa shape index (κ2) is 8.35. The lowest BCUT2D eigenvalue weighted by Gasteiger charge is -2.26. The molecule has 0 saturated carbocycles. The standard InChI is InChI=1S/C15H21N3O4/c1-21-14(19)12-4-2-3-5-13(12)17-15(20)16-6-7-18-8-10-22-11-9-18/h2-5H,6-11H2,1H3,(H2,16,17,20). The molecule has 1 aromatic rings. The first-order valence-electron chi connectivity index (χ1n) is 7.23. The normalized spacial score (nSPS) is 15.1. The van der Waals surface area contributed by atoms with Crippen LogP contribution in [0.5, 0.6) is 0 Å². The Morgan fingerprint density at radius 1 is 1.27 bits per heavy atom. The van der Waals surface area contributed by atoms with Gasteiger partial charge >= 0.3 is 12.0 Å². The van der Waals surface area contributed by atoms with E-state index in [1.807, 2.05) is 0 Å². The van der Waals surface area contributed by atoms with E-state index in [1.54, 1.807) is 24.3 Å². The molecule has 120 valence electrons. The van der Waals surface area contributed by atoms with Crippen LogP contribution in [0, 0.1) is 0 Å². The second-order valence-electron chi connectivity index (χ2n) is 4.87. The van der Waals surface area contributed by atoms with Crippen LogP contribution in [0.15, 0.2) is 24.3 Å². The van der Waals surface area contributed by atoms with Crippen molar-refractivity contribution in [3.05, 3.63) is 29.8 Å². The molecule has 1 heterocycles. The minimum atomic E-state index is -0.482. The molecule has 7 heteroatoms. The van der Waals surface area contributed by atoms with Crippen LogP contribution < -0.4 is 10.6 Å². The van der Waals surface area contributed by atoms with Crippen LogP contribution in [0.4, 0.5) is 10.5 Å². The number of morpholine rings is 1. The Balaban J connectivity index is 1.80. The Kier molecular flexibility index (Phi) is 6.17. The van der Waals surface area contributed by atoms with Gasteiger partial charge in [-0.1, -0.05) is 12.1 Å². The van der Waals surface area contributed by atoms with E-state index in [-0.39, 0.29) is 6.03 Å². The molecule has 0 aliphatic carbocycles. The van der Waals surface area contributed by atoms with E-state index in [9.17, 15) is 9.59 Å². The van der Waals surface area contributed by atoms with Gasteiger partial charge in [0.2, 0.25) is 0 Å². The summed E-state index contributed by atoms with van der Waals surface area (Å²) in [4.78, 5) is 25.8. The van der Waals surface area contributed by atoms with Crippen molar-refractivity contribution in [3.63, 3.8) is 0 Å². The van der Waals surface area contributed by atoms with Crippen molar-refractivity contribution in [2.75, 3.05) is 51.8 Å². The maximum atomic E-state index is 11.9. The number of ether oxygens (including phenoxy) is 2. The lowest BCUT2D eigenvalue weighted by molar-refractivity contribution is 0.0388. The monoisotopic (exact) mass is 307 g/mol. The van der Waals surface area contributed by atoms with E-state index < -0.39 is 5.97 Å². The largest absolute Gasteiger partial charge is 0.465 e. The van der Waals surface area contributed by atoms with Gasteiger partial charge in [0, 0.05) is 26.2 Å². The number of anilines is 1. The number of benzene rings is 1. The summed E-state index contributed by atoms with van der Waals surface area (Å²) in [6.07, 6.45) is 0. The number of hydrogen-bond donors (Lipinski definition) is 2. The summed E-state index contributed by atoms with van der Waals surface area (Å²) in [5.41, 5.74) is 0.756. The zero-order valence-corrected chi connectivity index (χ0v) is 12.6. The molecule has 0 bridgehead atoms. The highest BCUT2D eigenvalue weighted by Gasteiger charge is 2.13. The third-order valence-electron chi connectivity index (χ3n) is 3.40. The van der Waals surface area contributed by atoms with E-state index in [2.05, 4.69) is 20.3 Å². The minimum Gasteiger partial charge on any atom is -0.465 e. The van der Waals surface area contributed by atoms with Crippen LogP contribution in [0.1, 0.15) is 10.4 Å². The molecule has 2 rings (SSSR count). The van der Waals surface area contributed by atoms with Gasteiger partial charge in [-0.25, -0.2) is 9.59 Å². The Hall–Kier alpha value is -2.12. The predicted molar refractivity (Wildman–Crippen MR) is 82.1 cm³/mol. The van der Waals surface area contributed by atoms with Crippen LogP contribution in [0.2, 0.25) is 0 Å². The third-order valence-corrected chi connectivity index (χ3v) is 3.40. The van der Waals surface area contributed by atoms with Crippen LogP contribution in [-0.2, 0) is 9.47 Å². The maximum absolute atomic E-state index is 11.9. The number of nitrogens with zero attached hydrogens (tertiary/aromatic N) is 1. The van der Waals surface area contributed by atoms with Gasteiger partial charge < -0.3 is 20.1 Å². The molecule has 1 fully saturated rings. The SMILES string of the molecule is COC(=O)c1ccccc1NC(=O)NCCN1CCOCC1. The quantitative estimate of drug-likeness (QED) is 0.791. The first-order chi connectivity index (χ1) is 10.7. The Labute approximate surface area is 129 Å². The van der Waals surface area contributed by atoms with Crippen molar-refractivity contribution in [1.29, 1.82) is 0 Å². The van der Waals surface area contributed by atoms with E-state index >= 15 is 0 Å². The minimum absolute atomic E-state index is 0.327. The summed E-state index contributed by atoms with van der Waals surface area (Å²) in [7, 11) is 1.31. The molecule has 2 amide bonds. The van der Waals surface area contributed by atoms with Crippen molar-refractivity contribution in [3.8, 4) is 0 Å². The molecule has 1 aromatic carbocycles. The Morgan fingerprint density at radius 2 is 2.00 bits per heavy atom. The number of rotatable bonds is 5. The number of urea groups is 1. The number of hydrogen-bond acceptors (Lipinski definition) is 5. The number of esters is 1. The van der Waals surface area contributed by atoms with Gasteiger partial charge in [0.25, 0.3) is 0 Å². The van der Waals surface area contributed by atoms with Gasteiger partial charge in [-0.3, -0.25) is 4.90 Å². The zero-order chi connectivity index (χ0) is 15.8. The molecule has 1 aliphatic rings. The Morgan fingerprint density at radius 3 is 2.73 bits per heavy atom. The van der Waals surface area contributed by atoms with Crippen LogP contribution in [0.25, 0.3) is 0 Å². The second-order valence-corrected chi connectivity index (χ2v) is 4.87. The van der Waals surface area contributed by atoms with Crippen molar-refractivity contribution in [2.45, 2.75) is 0 Å². The molecule has 1 saturated heterocycles. The number of amides is 2. The molecular formula is C15H21N3O4. The first-order valence-corrected chi connectivity index (χ1v) is 7.23. The molecule has 2 N–H and O–H groups in total. The average Bonchev–Trinajstić information content (AvgIpc) is 2.55. The van der Waals surface area contributed by atoms with E-state index in [1.165, 1.54) is 7.11 Å². The third kappa shape index (κ3) is 4.71. The lowest BCUT2D eigenvalue weighted by Crippen LogP contribution is -2.42. The van der Waals surface area contributed by atoms with Gasteiger partial charge in [0.1, 0.15) is 0 Å². The molecule has 0 unspecified atom stereocenters. The molecule has 1 aliphatic heterocycles. The molecular weight excluding hydrogens is 286 g/mol. The summed E-state index contributed by atoms with van der Waals surface area (Å²) in [5, 5.41) is 5.45. The predicted octanol–water partition coefficient (Wildman–Crippen LogP) is 0.927. The fourth-order valence-corrected chi connectivity index (χ4v) is 2.20. The zero-order valence-electron chi connectivity index (χ0n) is 12.6. The van der Waals surface area contributed by atoms with Crippen LogP contribution >= 0.6 is 0 Å². The smallest absolute Gasteiger partial charge is 0.339 e. The molecule has 22 heavy (non-hydrogen) atoms. The number of methoxy groups -OCH3 is 1. The average molecular weight is 307 g/mol. The van der Waals surface area contributed by atoms with Gasteiger partial charge in [0.05, 0.1) is 31.6 Å². The number of para-hydroxylation sites is 1. The van der Waals surface area contributed by atoms with Gasteiger partial charge in [0.15, 0.2) is 0 Å². The topological polar surface area (TPSA) is 79.9 Å². The van der Waals surface area contributed by atoms with Crippen molar-refractivity contribution >= 4 is 17.7 Å². The molecule has 0 radical (unpaired) electrons. The summed E-state index contributed by atoms with van der Waals surface area (Å²) in [6, 6.07) is 6.39. The number of carbonyl (C=O) groups excluding carboxylic acids is 2. The summed E-state index contributed by atoms with van der Waals surface area (Å²) in [5.74, 6) is -0.482. The van der Waals surface area contributed by atoms with Gasteiger partial charge in [-0.15, -0.1) is 0 Å². The fraction of sp³-hybridized carbons (Fsp3) is 0.467. The van der Waals surface area contributed by atoms with Crippen LogP contribution in [0.3, 0.4) is 0 Å². The van der Waals surface area contributed by atoms with Crippen molar-refractivity contribution in [2.24, 2.45) is 0 Å². The summed E-state index contributed by atoms with van der Waals surface area (Å²) < 4.78 is 9.96. The lowest BCUT2D eigenvalue weighted by atomic mass is 10.2.